The third-order valence-electron chi connectivity index (χ3n) is 1.96. The molecule has 0 amide bonds. The Morgan fingerprint density at radius 2 is 2.15 bits per heavy atom. The number of methoxy groups -OCH3 is 1. The molecule has 0 aliphatic rings. The van der Waals surface area contributed by atoms with Crippen molar-refractivity contribution in [1.82, 2.24) is 0 Å². The zero-order valence-corrected chi connectivity index (χ0v) is 8.77. The Labute approximate surface area is 82.3 Å². The molecule has 0 unspecified atom stereocenters. The van der Waals surface area contributed by atoms with E-state index in [1.165, 1.54) is 0 Å². The molecule has 1 aromatic rings. The normalized spacial score (nSPS) is 9.77. The first kappa shape index (κ1) is 10.1. The lowest BCUT2D eigenvalue weighted by Crippen LogP contribution is -1.93. The third-order valence-corrected chi connectivity index (χ3v) is 2.88. The number of benzene rings is 1. The molecule has 70 valence electrons. The van der Waals surface area contributed by atoms with Crippen LogP contribution in [0.15, 0.2) is 17.0 Å². The van der Waals surface area contributed by atoms with Crippen molar-refractivity contribution in [3.05, 3.63) is 23.3 Å². The lowest BCUT2D eigenvalue weighted by molar-refractivity contribution is 0.112. The molecule has 0 atom stereocenters. The highest BCUT2D eigenvalue weighted by Crippen LogP contribution is 2.32. The van der Waals surface area contributed by atoms with Gasteiger partial charge in [0.15, 0.2) is 0 Å². The monoisotopic (exact) mass is 196 g/mol. The fraction of sp³-hybridized carbons (Fsp3) is 0.300. The van der Waals surface area contributed by atoms with Crippen molar-refractivity contribution < 1.29 is 9.53 Å². The standard InChI is InChI=1S/C10H12O2S/c1-7-8(6-11)4-5-9(12-2)10(7)13-3/h4-6H,1-3H3. The number of carbonyl (C=O) groups excluding carboxylic acids is 1. The van der Waals surface area contributed by atoms with E-state index >= 15 is 0 Å². The van der Waals surface area contributed by atoms with Crippen LogP contribution in [-0.2, 0) is 0 Å². The fourth-order valence-corrected chi connectivity index (χ4v) is 2.00. The van der Waals surface area contributed by atoms with Crippen LogP contribution in [0.5, 0.6) is 5.75 Å². The number of rotatable bonds is 3. The molecule has 0 heterocycles. The molecule has 1 aromatic carbocycles. The van der Waals surface area contributed by atoms with Gasteiger partial charge in [0, 0.05) is 5.56 Å². The van der Waals surface area contributed by atoms with Crippen LogP contribution in [0.3, 0.4) is 0 Å². The number of thioether (sulfide) groups is 1. The van der Waals surface area contributed by atoms with Gasteiger partial charge in [0.05, 0.1) is 12.0 Å². The molecule has 0 saturated carbocycles. The Morgan fingerprint density at radius 1 is 1.46 bits per heavy atom. The Bertz CT molecular complexity index is 321. The highest BCUT2D eigenvalue weighted by molar-refractivity contribution is 7.98. The van der Waals surface area contributed by atoms with Crippen LogP contribution >= 0.6 is 11.8 Å². The van der Waals surface area contributed by atoms with Gasteiger partial charge in [-0.1, -0.05) is 0 Å². The average molecular weight is 196 g/mol. The SMILES string of the molecule is COc1ccc(C=O)c(C)c1SC. The second-order valence-corrected chi connectivity index (χ2v) is 3.45. The molecule has 0 aliphatic carbocycles. The van der Waals surface area contributed by atoms with E-state index < -0.39 is 0 Å². The highest BCUT2D eigenvalue weighted by Gasteiger charge is 2.08. The molecule has 13 heavy (non-hydrogen) atoms. The van der Waals surface area contributed by atoms with Crippen molar-refractivity contribution in [2.45, 2.75) is 11.8 Å². The average Bonchev–Trinajstić information content (AvgIpc) is 2.17. The van der Waals surface area contributed by atoms with Crippen LogP contribution in [-0.4, -0.2) is 19.7 Å². The summed E-state index contributed by atoms with van der Waals surface area (Å²) in [4.78, 5) is 11.7. The van der Waals surface area contributed by atoms with Crippen LogP contribution in [0, 0.1) is 6.92 Å². The van der Waals surface area contributed by atoms with Gasteiger partial charge in [0.2, 0.25) is 0 Å². The predicted molar refractivity (Wildman–Crippen MR) is 54.9 cm³/mol. The van der Waals surface area contributed by atoms with E-state index in [9.17, 15) is 4.79 Å². The molecular weight excluding hydrogens is 184 g/mol. The van der Waals surface area contributed by atoms with Gasteiger partial charge in [0.25, 0.3) is 0 Å². The molecule has 3 heteroatoms. The summed E-state index contributed by atoms with van der Waals surface area (Å²) in [5, 5.41) is 0. The van der Waals surface area contributed by atoms with Gasteiger partial charge in [-0.25, -0.2) is 0 Å². The highest BCUT2D eigenvalue weighted by atomic mass is 32.2. The minimum atomic E-state index is 0.727. The maximum Gasteiger partial charge on any atom is 0.150 e. The van der Waals surface area contributed by atoms with Gasteiger partial charge in [-0.05, 0) is 30.9 Å². The largest absolute Gasteiger partial charge is 0.496 e. The van der Waals surface area contributed by atoms with Crippen molar-refractivity contribution >= 4 is 18.0 Å². The van der Waals surface area contributed by atoms with Gasteiger partial charge in [-0.2, -0.15) is 0 Å². The molecule has 0 aliphatic heterocycles. The summed E-state index contributed by atoms with van der Waals surface area (Å²) in [6.07, 6.45) is 2.84. The van der Waals surface area contributed by atoms with E-state index in [4.69, 9.17) is 4.74 Å². The molecule has 1 rings (SSSR count). The van der Waals surface area contributed by atoms with Crippen molar-refractivity contribution in [2.75, 3.05) is 13.4 Å². The summed E-state index contributed by atoms with van der Waals surface area (Å²) in [6.45, 7) is 1.93. The fourth-order valence-electron chi connectivity index (χ4n) is 1.22. The van der Waals surface area contributed by atoms with E-state index in [0.717, 1.165) is 28.1 Å². The molecule has 0 N–H and O–H groups in total. The molecule has 2 nitrogen and oxygen atoms in total. The van der Waals surface area contributed by atoms with Crippen LogP contribution in [0.1, 0.15) is 15.9 Å². The van der Waals surface area contributed by atoms with Crippen LogP contribution < -0.4 is 4.74 Å². The lowest BCUT2D eigenvalue weighted by atomic mass is 10.1. The number of carbonyl (C=O) groups is 1. The van der Waals surface area contributed by atoms with Gasteiger partial charge < -0.3 is 4.74 Å². The number of aldehydes is 1. The van der Waals surface area contributed by atoms with Crippen LogP contribution in [0.4, 0.5) is 0 Å². The van der Waals surface area contributed by atoms with Gasteiger partial charge in [-0.15, -0.1) is 11.8 Å². The Hall–Kier alpha value is -0.960. The maximum absolute atomic E-state index is 10.6. The first-order valence-electron chi connectivity index (χ1n) is 3.91. The molecule has 0 bridgehead atoms. The van der Waals surface area contributed by atoms with Gasteiger partial charge in [-0.3, -0.25) is 4.79 Å². The zero-order chi connectivity index (χ0) is 9.84. The summed E-state index contributed by atoms with van der Waals surface area (Å²) in [5.74, 6) is 0.829. The summed E-state index contributed by atoms with van der Waals surface area (Å²) in [5.41, 5.74) is 1.71. The van der Waals surface area contributed by atoms with Crippen molar-refractivity contribution in [1.29, 1.82) is 0 Å². The Balaban J connectivity index is 3.31. The minimum absolute atomic E-state index is 0.727. The topological polar surface area (TPSA) is 26.3 Å². The minimum Gasteiger partial charge on any atom is -0.496 e. The summed E-state index contributed by atoms with van der Waals surface area (Å²) in [7, 11) is 1.63. The number of ether oxygens (including phenoxy) is 1. The maximum atomic E-state index is 10.6. The quantitative estimate of drug-likeness (QED) is 0.549. The second-order valence-electron chi connectivity index (χ2n) is 2.63. The summed E-state index contributed by atoms with van der Waals surface area (Å²) in [6, 6.07) is 3.60. The van der Waals surface area contributed by atoms with Crippen LogP contribution in [0.2, 0.25) is 0 Å². The number of hydrogen-bond donors (Lipinski definition) is 0. The van der Waals surface area contributed by atoms with Crippen molar-refractivity contribution in [2.24, 2.45) is 0 Å². The summed E-state index contributed by atoms with van der Waals surface area (Å²) >= 11 is 1.59. The molecule has 0 spiro atoms. The van der Waals surface area contributed by atoms with Crippen molar-refractivity contribution in [3.63, 3.8) is 0 Å². The summed E-state index contributed by atoms with van der Waals surface area (Å²) < 4.78 is 5.18. The lowest BCUT2D eigenvalue weighted by Gasteiger charge is -2.10. The van der Waals surface area contributed by atoms with E-state index in [0.29, 0.717) is 0 Å². The first-order valence-corrected chi connectivity index (χ1v) is 5.13. The second kappa shape index (κ2) is 4.33. The molecule has 0 saturated heterocycles. The number of hydrogen-bond acceptors (Lipinski definition) is 3. The van der Waals surface area contributed by atoms with Crippen molar-refractivity contribution in [3.8, 4) is 5.75 Å². The first-order chi connectivity index (χ1) is 6.24. The molecule has 0 aromatic heterocycles. The van der Waals surface area contributed by atoms with E-state index in [-0.39, 0.29) is 0 Å². The predicted octanol–water partition coefficient (Wildman–Crippen LogP) is 2.54. The van der Waals surface area contributed by atoms with E-state index in [2.05, 4.69) is 0 Å². The third kappa shape index (κ3) is 1.86. The molecular formula is C10H12O2S. The molecule has 0 radical (unpaired) electrons. The Morgan fingerprint density at radius 3 is 2.62 bits per heavy atom. The molecule has 0 fully saturated rings. The van der Waals surface area contributed by atoms with Crippen LogP contribution in [0.25, 0.3) is 0 Å². The van der Waals surface area contributed by atoms with Gasteiger partial charge >= 0.3 is 0 Å². The van der Waals surface area contributed by atoms with Gasteiger partial charge in [0.1, 0.15) is 12.0 Å². The smallest absolute Gasteiger partial charge is 0.150 e. The van der Waals surface area contributed by atoms with E-state index in [1.54, 1.807) is 24.9 Å². The Kier molecular flexibility index (Phi) is 3.37. The van der Waals surface area contributed by atoms with E-state index in [1.807, 2.05) is 19.2 Å². The zero-order valence-electron chi connectivity index (χ0n) is 7.96.